The predicted molar refractivity (Wildman–Crippen MR) is 107 cm³/mol. The van der Waals surface area contributed by atoms with Gasteiger partial charge in [-0.3, -0.25) is 9.55 Å². The third-order valence-corrected chi connectivity index (χ3v) is 5.80. The number of nitrogens with zero attached hydrogens (tertiary/aromatic N) is 7. The summed E-state index contributed by atoms with van der Waals surface area (Å²) in [4.78, 5) is 7.04. The first kappa shape index (κ1) is 18.3. The normalized spacial score (nSPS) is 14.0. The number of thioether (sulfide) groups is 1. The highest BCUT2D eigenvalue weighted by Crippen LogP contribution is 2.35. The van der Waals surface area contributed by atoms with Crippen LogP contribution in [-0.4, -0.2) is 25.0 Å². The zero-order chi connectivity index (χ0) is 19.2. The molecule has 2 heterocycles. The van der Waals surface area contributed by atoms with Gasteiger partial charge in [0.1, 0.15) is 12.4 Å². The average Bonchev–Trinajstić information content (AvgIpc) is 3.38. The van der Waals surface area contributed by atoms with Crippen molar-refractivity contribution in [2.24, 2.45) is 5.11 Å². The van der Waals surface area contributed by atoms with Crippen LogP contribution < -0.4 is 4.74 Å². The van der Waals surface area contributed by atoms with Crippen LogP contribution in [0.4, 0.5) is 5.69 Å². The predicted octanol–water partition coefficient (Wildman–Crippen LogP) is 5.22. The summed E-state index contributed by atoms with van der Waals surface area (Å²) in [5.41, 5.74) is 10.0. The molecule has 1 aliphatic rings. The Balaban J connectivity index is 1.58. The van der Waals surface area contributed by atoms with E-state index in [0.717, 1.165) is 10.8 Å². The molecule has 8 nitrogen and oxygen atoms in total. The van der Waals surface area contributed by atoms with Gasteiger partial charge >= 0.3 is 0 Å². The van der Waals surface area contributed by atoms with Gasteiger partial charge in [0.15, 0.2) is 11.0 Å². The van der Waals surface area contributed by atoms with Gasteiger partial charge in [0, 0.05) is 22.0 Å². The van der Waals surface area contributed by atoms with Crippen molar-refractivity contribution < 1.29 is 4.74 Å². The monoisotopic (exact) mass is 393 g/mol. The number of hydrogen-bond acceptors (Lipinski definition) is 6. The summed E-state index contributed by atoms with van der Waals surface area (Å²) in [6, 6.07) is 10.9. The van der Waals surface area contributed by atoms with Gasteiger partial charge in [-0.2, -0.15) is 0 Å². The van der Waals surface area contributed by atoms with Crippen molar-refractivity contribution in [2.45, 2.75) is 42.7 Å². The van der Waals surface area contributed by atoms with Gasteiger partial charge in [-0.15, -0.1) is 10.2 Å². The smallest absolute Gasteiger partial charge is 0.196 e. The second kappa shape index (κ2) is 8.77. The van der Waals surface area contributed by atoms with Crippen LogP contribution in [0.3, 0.4) is 0 Å². The molecular weight excluding hydrogens is 374 g/mol. The van der Waals surface area contributed by atoms with Crippen molar-refractivity contribution in [2.75, 3.05) is 0 Å². The molecule has 0 spiro atoms. The van der Waals surface area contributed by atoms with Crippen LogP contribution in [-0.2, 0) is 6.61 Å². The Labute approximate surface area is 166 Å². The van der Waals surface area contributed by atoms with Crippen LogP contribution >= 0.6 is 11.8 Å². The molecule has 0 bridgehead atoms. The molecule has 9 heteroatoms. The first-order chi connectivity index (χ1) is 13.8. The molecule has 0 N–H and O–H groups in total. The number of aromatic nitrogens is 4. The Morgan fingerprint density at radius 2 is 2.11 bits per heavy atom. The number of pyridine rings is 1. The maximum Gasteiger partial charge on any atom is 0.196 e. The molecular formula is C19H19N7OS. The minimum Gasteiger partial charge on any atom is -0.486 e. The molecule has 1 saturated carbocycles. The Morgan fingerprint density at radius 3 is 2.89 bits per heavy atom. The lowest BCUT2D eigenvalue weighted by Gasteiger charge is -2.13. The summed E-state index contributed by atoms with van der Waals surface area (Å²) < 4.78 is 7.90. The fourth-order valence-corrected chi connectivity index (χ4v) is 4.48. The summed E-state index contributed by atoms with van der Waals surface area (Å²) in [6.45, 7) is 0.243. The lowest BCUT2D eigenvalue weighted by molar-refractivity contribution is 0.293. The first-order valence-electron chi connectivity index (χ1n) is 9.13. The zero-order valence-corrected chi connectivity index (χ0v) is 16.0. The van der Waals surface area contributed by atoms with E-state index in [0.29, 0.717) is 22.5 Å². The van der Waals surface area contributed by atoms with Gasteiger partial charge in [0.05, 0.1) is 11.9 Å². The average molecular weight is 393 g/mol. The third kappa shape index (κ3) is 4.27. The molecule has 4 rings (SSSR count). The highest BCUT2D eigenvalue weighted by molar-refractivity contribution is 7.99. The van der Waals surface area contributed by atoms with Gasteiger partial charge in [-0.25, -0.2) is 0 Å². The molecule has 1 aliphatic carbocycles. The van der Waals surface area contributed by atoms with Crippen LogP contribution in [0.5, 0.6) is 5.75 Å². The second-order valence-electron chi connectivity index (χ2n) is 6.45. The zero-order valence-electron chi connectivity index (χ0n) is 15.2. The van der Waals surface area contributed by atoms with Gasteiger partial charge in [-0.05, 0) is 42.6 Å². The van der Waals surface area contributed by atoms with Gasteiger partial charge in [0.25, 0.3) is 0 Å². The molecule has 0 aliphatic heterocycles. The second-order valence-corrected chi connectivity index (χ2v) is 7.71. The SMILES string of the molecule is [N-]=[N+]=Nc1cccc(OCc2nnc(SC3CCCC3)n2-c2cccnc2)c1. The maximum absolute atomic E-state index is 8.59. The van der Waals surface area contributed by atoms with Crippen LogP contribution in [0, 0.1) is 0 Å². The molecule has 3 aromatic rings. The fourth-order valence-electron chi connectivity index (χ4n) is 3.21. The third-order valence-electron chi connectivity index (χ3n) is 4.52. The molecule has 0 saturated heterocycles. The van der Waals surface area contributed by atoms with E-state index < -0.39 is 0 Å². The van der Waals surface area contributed by atoms with E-state index in [1.807, 2.05) is 22.8 Å². The maximum atomic E-state index is 8.59. The Morgan fingerprint density at radius 1 is 1.21 bits per heavy atom. The molecule has 0 unspecified atom stereocenters. The van der Waals surface area contributed by atoms with Crippen LogP contribution in [0.2, 0.25) is 0 Å². The van der Waals surface area contributed by atoms with Gasteiger partial charge in [0.2, 0.25) is 0 Å². The van der Waals surface area contributed by atoms with E-state index in [9.17, 15) is 0 Å². The van der Waals surface area contributed by atoms with E-state index >= 15 is 0 Å². The number of hydrogen-bond donors (Lipinski definition) is 0. The molecule has 1 fully saturated rings. The molecule has 142 valence electrons. The van der Waals surface area contributed by atoms with Gasteiger partial charge < -0.3 is 4.74 Å². The number of ether oxygens (including phenoxy) is 1. The molecule has 0 atom stereocenters. The Hall–Kier alpha value is -3.03. The molecule has 2 aromatic heterocycles. The summed E-state index contributed by atoms with van der Waals surface area (Å²) in [5, 5.41) is 13.8. The largest absolute Gasteiger partial charge is 0.486 e. The van der Waals surface area contributed by atoms with E-state index in [2.05, 4.69) is 25.2 Å². The minimum absolute atomic E-state index is 0.243. The standard InChI is InChI=1S/C19H19N7OS/c20-25-22-14-5-3-7-16(11-14)27-13-18-23-24-19(28-17-8-1-2-9-17)26(18)15-6-4-10-21-12-15/h3-7,10-12,17H,1-2,8-9,13H2. The topological polar surface area (TPSA) is 102 Å². The molecule has 1 aromatic carbocycles. The molecule has 0 amide bonds. The minimum atomic E-state index is 0.243. The van der Waals surface area contributed by atoms with Crippen molar-refractivity contribution in [3.63, 3.8) is 0 Å². The molecule has 28 heavy (non-hydrogen) atoms. The molecule has 0 radical (unpaired) electrons. The van der Waals surface area contributed by atoms with E-state index in [1.165, 1.54) is 25.7 Å². The number of rotatable bonds is 7. The highest BCUT2D eigenvalue weighted by Gasteiger charge is 2.22. The lowest BCUT2D eigenvalue weighted by atomic mass is 10.3. The number of benzene rings is 1. The number of azide groups is 1. The Bertz CT molecular complexity index is 979. The lowest BCUT2D eigenvalue weighted by Crippen LogP contribution is -2.08. The fraction of sp³-hybridized carbons (Fsp3) is 0.316. The van der Waals surface area contributed by atoms with E-state index in [1.54, 1.807) is 42.4 Å². The van der Waals surface area contributed by atoms with Crippen LogP contribution in [0.15, 0.2) is 59.1 Å². The van der Waals surface area contributed by atoms with Crippen molar-refractivity contribution in [1.29, 1.82) is 0 Å². The summed E-state index contributed by atoms with van der Waals surface area (Å²) in [5.74, 6) is 1.30. The first-order valence-corrected chi connectivity index (χ1v) is 10.0. The van der Waals surface area contributed by atoms with Crippen molar-refractivity contribution >= 4 is 17.4 Å². The summed E-state index contributed by atoms with van der Waals surface area (Å²) in [7, 11) is 0. The van der Waals surface area contributed by atoms with E-state index in [4.69, 9.17) is 10.3 Å². The quantitative estimate of drug-likeness (QED) is 0.311. The van der Waals surface area contributed by atoms with Crippen molar-refractivity contribution in [1.82, 2.24) is 19.7 Å². The highest BCUT2D eigenvalue weighted by atomic mass is 32.2. The summed E-state index contributed by atoms with van der Waals surface area (Å²) >= 11 is 1.78. The van der Waals surface area contributed by atoms with Gasteiger partial charge in [-0.1, -0.05) is 41.9 Å². The van der Waals surface area contributed by atoms with Crippen molar-refractivity contribution in [3.8, 4) is 11.4 Å². The van der Waals surface area contributed by atoms with Crippen molar-refractivity contribution in [3.05, 3.63) is 65.1 Å². The summed E-state index contributed by atoms with van der Waals surface area (Å²) in [6.07, 6.45) is 8.51. The van der Waals surface area contributed by atoms with Crippen LogP contribution in [0.1, 0.15) is 31.5 Å². The van der Waals surface area contributed by atoms with Crippen LogP contribution in [0.25, 0.3) is 16.1 Å². The van der Waals surface area contributed by atoms with E-state index in [-0.39, 0.29) is 6.61 Å². The Kier molecular flexibility index (Phi) is 5.75.